The maximum absolute atomic E-state index is 12.6. The van der Waals surface area contributed by atoms with Crippen LogP contribution >= 0.6 is 0 Å². The maximum Gasteiger partial charge on any atom is 0.312 e. The molecule has 0 heterocycles. The number of methoxy groups -OCH3 is 1. The van der Waals surface area contributed by atoms with Crippen LogP contribution in [0, 0.1) is 0 Å². The smallest absolute Gasteiger partial charge is 0.312 e. The molecule has 3 amide bonds. The van der Waals surface area contributed by atoms with Crippen LogP contribution in [-0.4, -0.2) is 46.2 Å². The highest BCUT2D eigenvalue weighted by Gasteiger charge is 2.21. The summed E-state index contributed by atoms with van der Waals surface area (Å²) in [7, 11) is -2.23. The van der Waals surface area contributed by atoms with Gasteiger partial charge in [0.1, 0.15) is 6.04 Å². The number of hydrogen-bond acceptors (Lipinski definition) is 5. The van der Waals surface area contributed by atoms with E-state index in [4.69, 9.17) is 10.5 Å². The van der Waals surface area contributed by atoms with E-state index in [1.807, 2.05) is 30.3 Å². The third kappa shape index (κ3) is 7.14. The second-order valence-corrected chi connectivity index (χ2v) is 8.46. The van der Waals surface area contributed by atoms with Crippen molar-refractivity contribution in [2.75, 3.05) is 19.0 Å². The fourth-order valence-electron chi connectivity index (χ4n) is 2.79. The fourth-order valence-corrected chi connectivity index (χ4v) is 4.02. The molecule has 0 aliphatic heterocycles. The molecule has 0 bridgehead atoms. The predicted molar refractivity (Wildman–Crippen MR) is 113 cm³/mol. The molecule has 30 heavy (non-hydrogen) atoms. The molecule has 0 fully saturated rings. The van der Waals surface area contributed by atoms with E-state index in [-0.39, 0.29) is 17.9 Å². The van der Waals surface area contributed by atoms with Crippen molar-refractivity contribution < 1.29 is 22.7 Å². The van der Waals surface area contributed by atoms with Crippen molar-refractivity contribution in [3.05, 3.63) is 60.2 Å². The monoisotopic (exact) mass is 434 g/mol. The summed E-state index contributed by atoms with van der Waals surface area (Å²) >= 11 is 0. The Morgan fingerprint density at radius 2 is 1.70 bits per heavy atom. The molecule has 0 aliphatic rings. The fraction of sp³-hybridized carbons (Fsp3) is 0.300. The van der Waals surface area contributed by atoms with Crippen molar-refractivity contribution in [3.8, 4) is 0 Å². The number of nitrogens with two attached hydrogens (primary N) is 1. The minimum atomic E-state index is -3.72. The van der Waals surface area contributed by atoms with Gasteiger partial charge in [0.25, 0.3) is 0 Å². The highest BCUT2D eigenvalue weighted by Crippen LogP contribution is 2.15. The number of carbonyl (C=O) groups is 2. The molecule has 0 unspecified atom stereocenters. The number of nitrogens with one attached hydrogen (secondary N) is 3. The molecule has 5 N–H and O–H groups in total. The summed E-state index contributed by atoms with van der Waals surface area (Å²) in [5, 5.41) is 5.09. The van der Waals surface area contributed by atoms with Gasteiger partial charge in [-0.3, -0.25) is 4.79 Å². The zero-order valence-electron chi connectivity index (χ0n) is 16.8. The lowest BCUT2D eigenvalue weighted by Gasteiger charge is -2.18. The normalized spacial score (nSPS) is 13.3. The molecule has 0 spiro atoms. The van der Waals surface area contributed by atoms with Crippen molar-refractivity contribution in [3.63, 3.8) is 0 Å². The van der Waals surface area contributed by atoms with Crippen molar-refractivity contribution >= 4 is 27.6 Å². The largest absolute Gasteiger partial charge is 0.383 e. The van der Waals surface area contributed by atoms with Crippen molar-refractivity contribution in [1.29, 1.82) is 0 Å². The molecule has 9 nitrogen and oxygen atoms in total. The van der Waals surface area contributed by atoms with Gasteiger partial charge < -0.3 is 21.1 Å². The van der Waals surface area contributed by atoms with E-state index in [0.717, 1.165) is 5.56 Å². The minimum Gasteiger partial charge on any atom is -0.383 e. The molecule has 0 aromatic heterocycles. The van der Waals surface area contributed by atoms with Gasteiger partial charge in [-0.15, -0.1) is 0 Å². The molecule has 0 aliphatic carbocycles. The summed E-state index contributed by atoms with van der Waals surface area (Å²) < 4.78 is 32.2. The van der Waals surface area contributed by atoms with Gasteiger partial charge in [-0.2, -0.15) is 0 Å². The molecular weight excluding hydrogens is 408 g/mol. The number of benzene rings is 2. The van der Waals surface area contributed by atoms with Crippen LogP contribution in [0.1, 0.15) is 12.5 Å². The summed E-state index contributed by atoms with van der Waals surface area (Å²) in [5.41, 5.74) is 6.43. The molecule has 10 heteroatoms. The number of carbonyl (C=O) groups excluding carboxylic acids is 2. The molecule has 2 atom stereocenters. The van der Waals surface area contributed by atoms with E-state index in [9.17, 15) is 18.0 Å². The number of ether oxygens (including phenoxy) is 1. The van der Waals surface area contributed by atoms with Gasteiger partial charge in [0.2, 0.25) is 15.9 Å². The Hall–Kier alpha value is -2.95. The Balaban J connectivity index is 2.08. The molecule has 0 radical (unpaired) electrons. The van der Waals surface area contributed by atoms with Gasteiger partial charge in [-0.05, 0) is 36.8 Å². The lowest BCUT2D eigenvalue weighted by Crippen LogP contribution is -2.47. The molecule has 0 saturated heterocycles. The van der Waals surface area contributed by atoms with Gasteiger partial charge in [-0.25, -0.2) is 17.9 Å². The maximum atomic E-state index is 12.6. The molecular formula is C20H26N4O5S. The standard InChI is InChI=1S/C20H26N4O5S/c1-14(13-29-2)24-30(27,28)17-10-8-16(9-11-17)22-19(25)18(23-20(21)26)12-15-6-4-3-5-7-15/h3-11,14,18,24H,12-13H2,1-2H3,(H,22,25)(H3,21,23,26)/t14-,18-/m0/s1. The number of rotatable bonds is 10. The quantitative estimate of drug-likeness (QED) is 0.445. The summed E-state index contributed by atoms with van der Waals surface area (Å²) in [6.07, 6.45) is 0.253. The van der Waals surface area contributed by atoms with E-state index in [1.54, 1.807) is 6.92 Å². The zero-order valence-corrected chi connectivity index (χ0v) is 17.6. The van der Waals surface area contributed by atoms with E-state index < -0.39 is 34.0 Å². The van der Waals surface area contributed by atoms with Crippen molar-refractivity contribution in [1.82, 2.24) is 10.0 Å². The minimum absolute atomic E-state index is 0.0551. The van der Waals surface area contributed by atoms with Crippen LogP contribution < -0.4 is 21.1 Å². The average molecular weight is 435 g/mol. The van der Waals surface area contributed by atoms with Crippen LogP contribution in [-0.2, 0) is 26.0 Å². The average Bonchev–Trinajstić information content (AvgIpc) is 2.68. The number of hydrogen-bond donors (Lipinski definition) is 4. The van der Waals surface area contributed by atoms with Gasteiger partial charge in [0.05, 0.1) is 11.5 Å². The summed E-state index contributed by atoms with van der Waals surface area (Å²) in [6.45, 7) is 1.93. The van der Waals surface area contributed by atoms with Crippen LogP contribution in [0.15, 0.2) is 59.5 Å². The number of primary amides is 1. The van der Waals surface area contributed by atoms with Crippen molar-refractivity contribution in [2.24, 2.45) is 5.73 Å². The van der Waals surface area contributed by atoms with Gasteiger partial charge >= 0.3 is 6.03 Å². The number of amides is 3. The van der Waals surface area contributed by atoms with E-state index in [2.05, 4.69) is 15.4 Å². The lowest BCUT2D eigenvalue weighted by atomic mass is 10.1. The Morgan fingerprint density at radius 1 is 1.07 bits per heavy atom. The SMILES string of the molecule is COC[C@H](C)NS(=O)(=O)c1ccc(NC(=O)[C@H](Cc2ccccc2)NC(N)=O)cc1. The molecule has 2 aromatic rings. The van der Waals surface area contributed by atoms with Crippen LogP contribution in [0.2, 0.25) is 0 Å². The highest BCUT2D eigenvalue weighted by atomic mass is 32.2. The number of anilines is 1. The second kappa shape index (κ2) is 10.7. The number of sulfonamides is 1. The van der Waals surface area contributed by atoms with Gasteiger partial charge in [0.15, 0.2) is 0 Å². The second-order valence-electron chi connectivity index (χ2n) is 6.74. The van der Waals surface area contributed by atoms with E-state index in [0.29, 0.717) is 5.69 Å². The molecule has 2 rings (SSSR count). The first kappa shape index (κ1) is 23.3. The third-order valence-corrected chi connectivity index (χ3v) is 5.73. The zero-order chi connectivity index (χ0) is 22.1. The summed E-state index contributed by atoms with van der Waals surface area (Å²) in [5.74, 6) is -0.472. The van der Waals surface area contributed by atoms with Gasteiger partial charge in [-0.1, -0.05) is 30.3 Å². The highest BCUT2D eigenvalue weighted by molar-refractivity contribution is 7.89. The first-order valence-corrected chi connectivity index (χ1v) is 10.7. The molecule has 162 valence electrons. The Morgan fingerprint density at radius 3 is 2.27 bits per heavy atom. The first-order valence-electron chi connectivity index (χ1n) is 9.23. The van der Waals surface area contributed by atoms with Gasteiger partial charge in [0, 0.05) is 25.3 Å². The number of urea groups is 1. The Bertz CT molecular complexity index is 949. The lowest BCUT2D eigenvalue weighted by molar-refractivity contribution is -0.117. The third-order valence-electron chi connectivity index (χ3n) is 4.12. The van der Waals surface area contributed by atoms with Crippen LogP contribution in [0.3, 0.4) is 0 Å². The predicted octanol–water partition coefficient (Wildman–Crippen LogP) is 1.22. The summed E-state index contributed by atoms with van der Waals surface area (Å²) in [6, 6.07) is 12.8. The molecule has 0 saturated carbocycles. The topological polar surface area (TPSA) is 140 Å². The Labute approximate surface area is 176 Å². The summed E-state index contributed by atoms with van der Waals surface area (Å²) in [4.78, 5) is 24.0. The van der Waals surface area contributed by atoms with E-state index in [1.165, 1.54) is 31.4 Å². The Kier molecular flexibility index (Phi) is 8.34. The van der Waals surface area contributed by atoms with Crippen LogP contribution in [0.25, 0.3) is 0 Å². The van der Waals surface area contributed by atoms with Crippen LogP contribution in [0.5, 0.6) is 0 Å². The molecule has 2 aromatic carbocycles. The van der Waals surface area contributed by atoms with Crippen molar-refractivity contribution in [2.45, 2.75) is 30.3 Å². The first-order chi connectivity index (χ1) is 14.2. The van der Waals surface area contributed by atoms with E-state index >= 15 is 0 Å². The van der Waals surface area contributed by atoms with Crippen LogP contribution in [0.4, 0.5) is 10.5 Å².